The lowest BCUT2D eigenvalue weighted by atomic mass is 10.1. The first-order valence-electron chi connectivity index (χ1n) is 8.63. The molecule has 1 rings (SSSR count). The Bertz CT molecular complexity index is 474. The molecule has 6 atom stereocenters. The summed E-state index contributed by atoms with van der Waals surface area (Å²) in [7, 11) is 1.47. The lowest BCUT2D eigenvalue weighted by molar-refractivity contribution is -0.196. The monoisotopic (exact) mass is 413 g/mol. The number of carbonyl (C=O) groups excluding carboxylic acids is 1. The van der Waals surface area contributed by atoms with E-state index in [0.29, 0.717) is 11.4 Å². The van der Waals surface area contributed by atoms with Crippen LogP contribution < -0.4 is 0 Å². The molecule has 1 aliphatic heterocycles. The van der Waals surface area contributed by atoms with Crippen LogP contribution >= 0.6 is 11.6 Å². The third-order valence-electron chi connectivity index (χ3n) is 4.31. The summed E-state index contributed by atoms with van der Waals surface area (Å²) in [6.45, 7) is 3.61. The van der Waals surface area contributed by atoms with Crippen molar-refractivity contribution >= 4 is 17.6 Å². The van der Waals surface area contributed by atoms with Crippen LogP contribution in [0.25, 0.3) is 0 Å². The fraction of sp³-hybridized carbons (Fsp3) is 0.933. The summed E-state index contributed by atoms with van der Waals surface area (Å²) in [5, 5.41) is 34.2. The molecular formula is C15H28ClN3O8. The van der Waals surface area contributed by atoms with Crippen molar-refractivity contribution < 1.29 is 34.3 Å². The molecule has 12 heteroatoms. The number of aliphatic hydroxyl groups excluding tert-OH is 3. The molecule has 27 heavy (non-hydrogen) atoms. The Morgan fingerprint density at radius 1 is 1.33 bits per heavy atom. The van der Waals surface area contributed by atoms with E-state index in [2.05, 4.69) is 5.29 Å². The summed E-state index contributed by atoms with van der Waals surface area (Å²) in [6.07, 6.45) is -6.72. The van der Waals surface area contributed by atoms with Crippen LogP contribution in [0.5, 0.6) is 0 Å². The van der Waals surface area contributed by atoms with Gasteiger partial charge in [-0.3, -0.25) is 4.90 Å². The maximum absolute atomic E-state index is 12.6. The number of urea groups is 1. The minimum Gasteiger partial charge on any atom is -0.387 e. The molecule has 2 amide bonds. The predicted molar refractivity (Wildman–Crippen MR) is 94.7 cm³/mol. The maximum Gasteiger partial charge on any atom is 0.345 e. The number of nitrogens with zero attached hydrogens (tertiary/aromatic N) is 3. The molecule has 1 aliphatic rings. The van der Waals surface area contributed by atoms with E-state index in [0.717, 1.165) is 4.90 Å². The first-order chi connectivity index (χ1) is 12.8. The highest BCUT2D eigenvalue weighted by Gasteiger charge is 2.50. The van der Waals surface area contributed by atoms with Crippen molar-refractivity contribution in [2.24, 2.45) is 5.29 Å². The molecule has 0 radical (unpaired) electrons. The lowest BCUT2D eigenvalue weighted by Gasteiger charge is -2.37. The van der Waals surface area contributed by atoms with Gasteiger partial charge in [0.05, 0.1) is 25.0 Å². The van der Waals surface area contributed by atoms with E-state index < -0.39 is 42.9 Å². The number of amides is 2. The first kappa shape index (κ1) is 24.0. The second-order valence-electron chi connectivity index (χ2n) is 6.07. The van der Waals surface area contributed by atoms with Crippen molar-refractivity contribution in [1.29, 1.82) is 0 Å². The van der Waals surface area contributed by atoms with Crippen LogP contribution in [0.15, 0.2) is 5.29 Å². The third kappa shape index (κ3) is 5.95. The van der Waals surface area contributed by atoms with E-state index in [-0.39, 0.29) is 25.6 Å². The second-order valence-corrected chi connectivity index (χ2v) is 6.45. The Hall–Kier alpha value is -1.08. The minimum atomic E-state index is -1.66. The maximum atomic E-state index is 12.6. The van der Waals surface area contributed by atoms with Crippen LogP contribution in [0.2, 0.25) is 0 Å². The van der Waals surface area contributed by atoms with Gasteiger partial charge in [-0.2, -0.15) is 5.01 Å². The number of aliphatic hydroxyl groups is 3. The van der Waals surface area contributed by atoms with E-state index in [1.165, 1.54) is 7.11 Å². The molecule has 11 nitrogen and oxygen atoms in total. The Morgan fingerprint density at radius 2 is 2.00 bits per heavy atom. The average molecular weight is 414 g/mol. The molecular weight excluding hydrogens is 386 g/mol. The van der Waals surface area contributed by atoms with Gasteiger partial charge in [0.25, 0.3) is 0 Å². The van der Waals surface area contributed by atoms with Gasteiger partial charge in [-0.15, -0.1) is 16.5 Å². The molecule has 0 bridgehead atoms. The number of nitroso groups, excluding NO2 is 1. The highest BCUT2D eigenvalue weighted by atomic mass is 35.5. The van der Waals surface area contributed by atoms with Gasteiger partial charge < -0.3 is 29.5 Å². The van der Waals surface area contributed by atoms with E-state index in [4.69, 9.17) is 25.8 Å². The van der Waals surface area contributed by atoms with Crippen molar-refractivity contribution in [3.63, 3.8) is 0 Å². The quantitative estimate of drug-likeness (QED) is 0.140. The third-order valence-corrected chi connectivity index (χ3v) is 4.48. The molecule has 1 fully saturated rings. The molecule has 0 aromatic rings. The van der Waals surface area contributed by atoms with Crippen LogP contribution in [-0.4, -0.2) is 101 Å². The highest BCUT2D eigenvalue weighted by Crippen LogP contribution is 2.28. The number of ether oxygens (including phenoxy) is 3. The Morgan fingerprint density at radius 3 is 2.52 bits per heavy atom. The molecule has 1 saturated heterocycles. The summed E-state index contributed by atoms with van der Waals surface area (Å²) in [6, 6.07) is -1.41. The van der Waals surface area contributed by atoms with E-state index in [1.807, 2.05) is 0 Å². The topological polar surface area (TPSA) is 141 Å². The van der Waals surface area contributed by atoms with Gasteiger partial charge in [0.15, 0.2) is 12.5 Å². The van der Waals surface area contributed by atoms with E-state index in [1.54, 1.807) is 13.8 Å². The van der Waals surface area contributed by atoms with E-state index >= 15 is 0 Å². The van der Waals surface area contributed by atoms with Crippen LogP contribution in [0, 0.1) is 4.91 Å². The number of hydrogen-bond donors (Lipinski definition) is 3. The number of methoxy groups -OCH3 is 1. The van der Waals surface area contributed by atoms with Gasteiger partial charge >= 0.3 is 6.03 Å². The molecule has 0 aliphatic carbocycles. The zero-order valence-corrected chi connectivity index (χ0v) is 16.4. The zero-order valence-electron chi connectivity index (χ0n) is 15.6. The molecule has 1 heterocycles. The van der Waals surface area contributed by atoms with Crippen LogP contribution in [0.3, 0.4) is 0 Å². The average Bonchev–Trinajstić information content (AvgIpc) is 2.94. The number of halogens is 1. The van der Waals surface area contributed by atoms with Gasteiger partial charge in [-0.05, 0) is 13.3 Å². The zero-order chi connectivity index (χ0) is 20.6. The van der Waals surface area contributed by atoms with Crippen LogP contribution in [-0.2, 0) is 14.2 Å². The number of alkyl halides is 1. The first-order valence-corrected chi connectivity index (χ1v) is 9.16. The predicted octanol–water partition coefficient (Wildman–Crippen LogP) is -0.143. The molecule has 158 valence electrons. The van der Waals surface area contributed by atoms with Crippen molar-refractivity contribution in [3.05, 3.63) is 4.91 Å². The minimum absolute atomic E-state index is 0.0292. The molecule has 0 spiro atoms. The summed E-state index contributed by atoms with van der Waals surface area (Å²) in [5.74, 6) is -0.0292. The van der Waals surface area contributed by atoms with E-state index in [9.17, 15) is 25.0 Å². The normalized spacial score (nSPS) is 27.2. The van der Waals surface area contributed by atoms with Crippen molar-refractivity contribution in [2.75, 3.05) is 32.7 Å². The summed E-state index contributed by atoms with van der Waals surface area (Å²) < 4.78 is 15.5. The Balaban J connectivity index is 2.96. The summed E-state index contributed by atoms with van der Waals surface area (Å²) in [5.41, 5.74) is 0. The molecule has 0 saturated carbocycles. The Labute approximate surface area is 162 Å². The fourth-order valence-corrected chi connectivity index (χ4v) is 2.77. The van der Waals surface area contributed by atoms with Crippen molar-refractivity contribution in [3.8, 4) is 0 Å². The Kier molecular flexibility index (Phi) is 10.4. The number of carbonyl (C=O) groups is 1. The molecule has 0 aromatic heterocycles. The summed E-state index contributed by atoms with van der Waals surface area (Å²) in [4.78, 5) is 24.5. The summed E-state index contributed by atoms with van der Waals surface area (Å²) >= 11 is 5.57. The van der Waals surface area contributed by atoms with Gasteiger partial charge in [-0.25, -0.2) is 4.79 Å². The van der Waals surface area contributed by atoms with Gasteiger partial charge in [-0.1, -0.05) is 6.92 Å². The number of hydrogen-bond acceptors (Lipinski definition) is 9. The fourth-order valence-electron chi connectivity index (χ4n) is 2.61. The van der Waals surface area contributed by atoms with Crippen LogP contribution in [0.1, 0.15) is 20.3 Å². The standard InChI is InChI=1S/C15H28ClN3O8/c1-4-9(2)19(15(23)18(17-24)6-5-16)13(22)12-10(20)11(21)14(27-12)26-8-7-25-3/h9-14,20-22H,4-8H2,1-3H3/t9?,10-,11+,12-,13?,14+/m0/s1. The van der Waals surface area contributed by atoms with Crippen LogP contribution in [0.4, 0.5) is 4.79 Å². The molecule has 0 aromatic carbocycles. The van der Waals surface area contributed by atoms with Gasteiger partial charge in [0.2, 0.25) is 0 Å². The van der Waals surface area contributed by atoms with Crippen molar-refractivity contribution in [2.45, 2.75) is 57.1 Å². The highest BCUT2D eigenvalue weighted by molar-refractivity contribution is 6.18. The largest absolute Gasteiger partial charge is 0.387 e. The second kappa shape index (κ2) is 11.7. The SMILES string of the molecule is CCC(C)N(C(=O)N(CCCl)N=O)C(O)[C@H]1O[C@@H](OCCOC)[C@H](O)[C@@H]1O. The van der Waals surface area contributed by atoms with Gasteiger partial charge in [0, 0.05) is 19.0 Å². The molecule has 3 N–H and O–H groups in total. The number of rotatable bonds is 11. The smallest absolute Gasteiger partial charge is 0.345 e. The van der Waals surface area contributed by atoms with Gasteiger partial charge in [0.1, 0.15) is 18.3 Å². The van der Waals surface area contributed by atoms with Crippen molar-refractivity contribution in [1.82, 2.24) is 9.91 Å². The molecule has 2 unspecified atom stereocenters. The lowest BCUT2D eigenvalue weighted by Crippen LogP contribution is -2.57.